The van der Waals surface area contributed by atoms with Crippen LogP contribution in [0, 0.1) is 0 Å². The van der Waals surface area contributed by atoms with Crippen LogP contribution >= 0.6 is 0 Å². The molecule has 4 rings (SSSR count). The van der Waals surface area contributed by atoms with E-state index in [2.05, 4.69) is 29.1 Å². The quantitative estimate of drug-likeness (QED) is 0.792. The van der Waals surface area contributed by atoms with Gasteiger partial charge in [-0.2, -0.15) is 0 Å². The Morgan fingerprint density at radius 1 is 1.14 bits per heavy atom. The number of ether oxygens (including phenoxy) is 2. The summed E-state index contributed by atoms with van der Waals surface area (Å²) in [6, 6.07) is 6.43. The fourth-order valence-corrected chi connectivity index (χ4v) is 4.41. The number of fused-ring (bicyclic) bond motifs is 1. The first-order valence-corrected chi connectivity index (χ1v) is 10.2. The first-order chi connectivity index (χ1) is 13.7. The van der Waals surface area contributed by atoms with Gasteiger partial charge in [0.25, 0.3) is 0 Å². The third-order valence-corrected chi connectivity index (χ3v) is 5.98. The summed E-state index contributed by atoms with van der Waals surface area (Å²) in [6.45, 7) is 3.83. The molecule has 2 aliphatic heterocycles. The van der Waals surface area contributed by atoms with Crippen molar-refractivity contribution >= 4 is 0 Å². The van der Waals surface area contributed by atoms with E-state index in [1.54, 1.807) is 14.2 Å². The molecule has 6 nitrogen and oxygen atoms in total. The Kier molecular flexibility index (Phi) is 5.78. The van der Waals surface area contributed by atoms with Crippen molar-refractivity contribution in [1.29, 1.82) is 0 Å². The van der Waals surface area contributed by atoms with Crippen LogP contribution in [0.2, 0.25) is 0 Å². The van der Waals surface area contributed by atoms with Crippen molar-refractivity contribution in [3.8, 4) is 11.5 Å². The number of rotatable bonds is 5. The number of benzene rings is 1. The predicted molar refractivity (Wildman–Crippen MR) is 109 cm³/mol. The van der Waals surface area contributed by atoms with Crippen LogP contribution in [0.15, 0.2) is 24.4 Å². The number of methoxy groups -OCH3 is 2. The molecule has 1 aromatic carbocycles. The number of hydrogen-bond acceptors (Lipinski definition) is 6. The fraction of sp³-hybridized carbons (Fsp3) is 0.545. The van der Waals surface area contributed by atoms with Crippen LogP contribution in [0.3, 0.4) is 0 Å². The van der Waals surface area contributed by atoms with Crippen molar-refractivity contribution in [2.75, 3.05) is 34.4 Å². The Labute approximate surface area is 167 Å². The van der Waals surface area contributed by atoms with Crippen LogP contribution in [-0.4, -0.2) is 54.1 Å². The highest BCUT2D eigenvalue weighted by Gasteiger charge is 2.26. The minimum Gasteiger partial charge on any atom is -0.493 e. The lowest BCUT2D eigenvalue weighted by Crippen LogP contribution is -2.33. The van der Waals surface area contributed by atoms with Crippen LogP contribution in [-0.2, 0) is 19.5 Å². The average Bonchev–Trinajstić information content (AvgIpc) is 2.73. The maximum absolute atomic E-state index is 5.59. The van der Waals surface area contributed by atoms with Crippen molar-refractivity contribution in [2.24, 2.45) is 0 Å². The molecule has 0 bridgehead atoms. The molecule has 1 aromatic heterocycles. The zero-order chi connectivity index (χ0) is 19.5. The Bertz CT molecular complexity index is 826. The van der Waals surface area contributed by atoms with E-state index >= 15 is 0 Å². The molecular formula is C22H30N4O2. The zero-order valence-corrected chi connectivity index (χ0v) is 17.1. The number of aromatic nitrogens is 2. The van der Waals surface area contributed by atoms with Gasteiger partial charge in [-0.25, -0.2) is 9.97 Å². The number of nitrogens with zero attached hydrogens (tertiary/aromatic N) is 4. The average molecular weight is 383 g/mol. The highest BCUT2D eigenvalue weighted by Crippen LogP contribution is 2.33. The molecule has 28 heavy (non-hydrogen) atoms. The molecule has 2 aromatic rings. The van der Waals surface area contributed by atoms with E-state index in [9.17, 15) is 0 Å². The standard InChI is InChI=1S/C22H30N4O2/c1-25-11-5-4-8-19(25)22-23-13-17-15-26(12-10-18(17)24-22)14-16-7-6-9-20(27-2)21(16)28-3/h6-7,9,13,19H,4-5,8,10-12,14-15H2,1-3H3/t19-/m1/s1. The molecular weight excluding hydrogens is 352 g/mol. The number of likely N-dealkylation sites (tertiary alicyclic amines) is 1. The molecule has 1 saturated heterocycles. The molecule has 3 heterocycles. The molecule has 0 radical (unpaired) electrons. The summed E-state index contributed by atoms with van der Waals surface area (Å²) in [6.07, 6.45) is 6.73. The maximum Gasteiger partial charge on any atom is 0.165 e. The van der Waals surface area contributed by atoms with E-state index in [1.165, 1.54) is 24.1 Å². The highest BCUT2D eigenvalue weighted by atomic mass is 16.5. The molecule has 150 valence electrons. The Hall–Kier alpha value is -2.18. The molecule has 0 N–H and O–H groups in total. The maximum atomic E-state index is 5.59. The minimum atomic E-state index is 0.373. The Balaban J connectivity index is 1.48. The second kappa shape index (κ2) is 8.45. The molecule has 0 spiro atoms. The third-order valence-electron chi connectivity index (χ3n) is 5.98. The van der Waals surface area contributed by atoms with Crippen molar-refractivity contribution in [3.63, 3.8) is 0 Å². The first-order valence-electron chi connectivity index (χ1n) is 10.2. The Morgan fingerprint density at radius 3 is 2.82 bits per heavy atom. The molecule has 0 saturated carbocycles. The molecule has 6 heteroatoms. The fourth-order valence-electron chi connectivity index (χ4n) is 4.41. The van der Waals surface area contributed by atoms with Gasteiger partial charge in [-0.1, -0.05) is 18.6 Å². The van der Waals surface area contributed by atoms with Gasteiger partial charge in [-0.15, -0.1) is 0 Å². The lowest BCUT2D eigenvalue weighted by Gasteiger charge is -2.33. The minimum absolute atomic E-state index is 0.373. The van der Waals surface area contributed by atoms with E-state index in [0.29, 0.717) is 6.04 Å². The molecule has 1 atom stereocenters. The summed E-state index contributed by atoms with van der Waals surface area (Å²) in [5, 5.41) is 0. The van der Waals surface area contributed by atoms with Crippen molar-refractivity contribution in [3.05, 3.63) is 47.0 Å². The zero-order valence-electron chi connectivity index (χ0n) is 17.1. The van der Waals surface area contributed by atoms with Crippen molar-refractivity contribution in [2.45, 2.75) is 44.8 Å². The smallest absolute Gasteiger partial charge is 0.165 e. The van der Waals surface area contributed by atoms with E-state index in [-0.39, 0.29) is 0 Å². The van der Waals surface area contributed by atoms with Crippen LogP contribution in [0.5, 0.6) is 11.5 Å². The first kappa shape index (κ1) is 19.2. The van der Waals surface area contributed by atoms with Gasteiger partial charge in [0, 0.05) is 49.1 Å². The topological polar surface area (TPSA) is 50.7 Å². The lowest BCUT2D eigenvalue weighted by atomic mass is 10.0. The molecule has 0 unspecified atom stereocenters. The normalized spacial score (nSPS) is 20.6. The summed E-state index contributed by atoms with van der Waals surface area (Å²) < 4.78 is 11.0. The van der Waals surface area contributed by atoms with Gasteiger partial charge in [-0.3, -0.25) is 9.80 Å². The van der Waals surface area contributed by atoms with E-state index in [0.717, 1.165) is 61.9 Å². The molecule has 1 fully saturated rings. The van der Waals surface area contributed by atoms with Gasteiger partial charge in [0.2, 0.25) is 0 Å². The van der Waals surface area contributed by atoms with Gasteiger partial charge >= 0.3 is 0 Å². The summed E-state index contributed by atoms with van der Waals surface area (Å²) in [5.74, 6) is 2.61. The lowest BCUT2D eigenvalue weighted by molar-refractivity contribution is 0.178. The van der Waals surface area contributed by atoms with Gasteiger partial charge in [0.05, 0.1) is 20.3 Å². The van der Waals surface area contributed by atoms with Crippen LogP contribution in [0.25, 0.3) is 0 Å². The predicted octanol–water partition coefficient (Wildman–Crippen LogP) is 3.21. The molecule has 0 aliphatic carbocycles. The van der Waals surface area contributed by atoms with Crippen LogP contribution < -0.4 is 9.47 Å². The highest BCUT2D eigenvalue weighted by molar-refractivity contribution is 5.46. The SMILES string of the molecule is COc1cccc(CN2CCc3nc([C@H]4CCCCN4C)ncc3C2)c1OC. The third kappa shape index (κ3) is 3.84. The van der Waals surface area contributed by atoms with E-state index in [4.69, 9.17) is 19.4 Å². The monoisotopic (exact) mass is 382 g/mol. The van der Waals surface area contributed by atoms with Gasteiger partial charge < -0.3 is 9.47 Å². The summed E-state index contributed by atoms with van der Waals surface area (Å²) in [5.41, 5.74) is 3.61. The number of hydrogen-bond donors (Lipinski definition) is 0. The molecule has 0 amide bonds. The van der Waals surface area contributed by atoms with Gasteiger partial charge in [-0.05, 0) is 32.5 Å². The summed E-state index contributed by atoms with van der Waals surface area (Å²) in [4.78, 5) is 14.5. The van der Waals surface area contributed by atoms with Crippen molar-refractivity contribution in [1.82, 2.24) is 19.8 Å². The van der Waals surface area contributed by atoms with Crippen LogP contribution in [0.4, 0.5) is 0 Å². The van der Waals surface area contributed by atoms with Gasteiger partial charge in [0.1, 0.15) is 5.82 Å². The summed E-state index contributed by atoms with van der Waals surface area (Å²) in [7, 11) is 5.57. The largest absolute Gasteiger partial charge is 0.493 e. The molecule has 2 aliphatic rings. The van der Waals surface area contributed by atoms with Crippen LogP contribution in [0.1, 0.15) is 47.9 Å². The second-order valence-electron chi connectivity index (χ2n) is 7.81. The van der Waals surface area contributed by atoms with E-state index in [1.807, 2.05) is 12.1 Å². The second-order valence-corrected chi connectivity index (χ2v) is 7.81. The summed E-state index contributed by atoms with van der Waals surface area (Å²) >= 11 is 0. The van der Waals surface area contributed by atoms with E-state index < -0.39 is 0 Å². The number of piperidine rings is 1. The van der Waals surface area contributed by atoms with Crippen molar-refractivity contribution < 1.29 is 9.47 Å². The Morgan fingerprint density at radius 2 is 2.04 bits per heavy atom. The van der Waals surface area contributed by atoms with Gasteiger partial charge in [0.15, 0.2) is 11.5 Å². The number of para-hydroxylation sites is 1.